The van der Waals surface area contributed by atoms with Gasteiger partial charge >= 0.3 is 0 Å². The second-order valence-corrected chi connectivity index (χ2v) is 9.67. The van der Waals surface area contributed by atoms with E-state index < -0.39 is 11.9 Å². The Bertz CT molecular complexity index is 595. The number of fused-ring (bicyclic) bond motifs is 6. The Morgan fingerprint density at radius 2 is 1.76 bits per heavy atom. The summed E-state index contributed by atoms with van der Waals surface area (Å²) in [4.78, 5) is 0. The molecule has 4 heteroatoms. The molecule has 1 saturated heterocycles. The van der Waals surface area contributed by atoms with E-state index in [-0.39, 0.29) is 16.9 Å². The van der Waals surface area contributed by atoms with Crippen molar-refractivity contribution in [1.82, 2.24) is 0 Å². The van der Waals surface area contributed by atoms with Crippen LogP contribution in [0.25, 0.3) is 0 Å². The van der Waals surface area contributed by atoms with Gasteiger partial charge in [0.25, 0.3) is 0 Å². The van der Waals surface area contributed by atoms with E-state index in [1.807, 2.05) is 0 Å². The molecular formula is C21H32O4. The van der Waals surface area contributed by atoms with Crippen molar-refractivity contribution in [2.24, 2.45) is 28.6 Å². The van der Waals surface area contributed by atoms with Crippen LogP contribution in [0.1, 0.15) is 58.8 Å². The van der Waals surface area contributed by atoms with Crippen LogP contribution in [-0.2, 0) is 9.47 Å². The van der Waals surface area contributed by atoms with Crippen LogP contribution in [0.5, 0.6) is 0 Å². The van der Waals surface area contributed by atoms with E-state index in [4.69, 9.17) is 9.47 Å². The van der Waals surface area contributed by atoms with Crippen LogP contribution >= 0.6 is 0 Å². The fraction of sp³-hybridized carbons (Fsp3) is 0.905. The quantitative estimate of drug-likeness (QED) is 0.661. The van der Waals surface area contributed by atoms with Gasteiger partial charge in [0.05, 0.1) is 30.8 Å². The summed E-state index contributed by atoms with van der Waals surface area (Å²) in [6.45, 7) is 5.89. The number of rotatable bonds is 0. The lowest BCUT2D eigenvalue weighted by atomic mass is 9.48. The highest BCUT2D eigenvalue weighted by Crippen LogP contribution is 2.67. The van der Waals surface area contributed by atoms with Gasteiger partial charge in [0.1, 0.15) is 0 Å². The molecule has 0 aromatic heterocycles. The third-order valence-electron chi connectivity index (χ3n) is 8.91. The molecule has 2 unspecified atom stereocenters. The van der Waals surface area contributed by atoms with Crippen LogP contribution in [0.4, 0.5) is 0 Å². The minimum atomic E-state index is -0.584. The number of hydrogen-bond acceptors (Lipinski definition) is 4. The Morgan fingerprint density at radius 3 is 2.52 bits per heavy atom. The van der Waals surface area contributed by atoms with E-state index in [1.54, 1.807) is 0 Å². The molecular weight excluding hydrogens is 316 g/mol. The van der Waals surface area contributed by atoms with Crippen LogP contribution in [-0.4, -0.2) is 41.4 Å². The van der Waals surface area contributed by atoms with Crippen molar-refractivity contribution >= 4 is 0 Å². The number of aliphatic hydroxyl groups excluding tert-OH is 2. The first kappa shape index (κ1) is 16.7. The molecule has 4 fully saturated rings. The molecule has 140 valence electrons. The topological polar surface area (TPSA) is 58.9 Å². The largest absolute Gasteiger partial charge is 0.393 e. The van der Waals surface area contributed by atoms with E-state index in [1.165, 1.54) is 18.4 Å². The lowest BCUT2D eigenvalue weighted by Gasteiger charge is -2.58. The van der Waals surface area contributed by atoms with Crippen molar-refractivity contribution < 1.29 is 19.7 Å². The normalized spacial score (nSPS) is 53.9. The molecule has 7 atom stereocenters. The molecule has 1 heterocycles. The molecule has 2 N–H and O–H groups in total. The highest BCUT2D eigenvalue weighted by Gasteiger charge is 2.68. The maximum Gasteiger partial charge on any atom is 0.176 e. The van der Waals surface area contributed by atoms with Gasteiger partial charge < -0.3 is 19.7 Å². The Kier molecular flexibility index (Phi) is 3.55. The standard InChI is InChI=1S/C21H32O4/c1-19-7-5-14(22)11-13(19)3-4-15-16-6-8-21(24-9-10-25-21)20(16,2)18(23)12-17(15)19/h12-16,18,22-23H,3-11H2,1-2H3/t13-,14-,15?,16?,18+,19+,20-/m1/s1. The van der Waals surface area contributed by atoms with Gasteiger partial charge in [0, 0.05) is 6.42 Å². The molecule has 0 bridgehead atoms. The summed E-state index contributed by atoms with van der Waals surface area (Å²) >= 11 is 0. The lowest BCUT2D eigenvalue weighted by Crippen LogP contribution is -2.58. The summed E-state index contributed by atoms with van der Waals surface area (Å²) in [5.41, 5.74) is 1.30. The lowest BCUT2D eigenvalue weighted by molar-refractivity contribution is -0.252. The maximum atomic E-state index is 11.3. The monoisotopic (exact) mass is 348 g/mol. The first-order valence-corrected chi connectivity index (χ1v) is 10.3. The van der Waals surface area contributed by atoms with Crippen LogP contribution in [0.15, 0.2) is 11.6 Å². The summed E-state index contributed by atoms with van der Waals surface area (Å²) in [7, 11) is 0. The number of aliphatic hydroxyl groups is 2. The number of allylic oxidation sites excluding steroid dienone is 1. The molecule has 3 saturated carbocycles. The van der Waals surface area contributed by atoms with Crippen LogP contribution in [0.3, 0.4) is 0 Å². The fourth-order valence-electron chi connectivity index (χ4n) is 7.40. The van der Waals surface area contributed by atoms with Gasteiger partial charge in [0.2, 0.25) is 0 Å². The molecule has 4 nitrogen and oxygen atoms in total. The molecule has 4 aliphatic carbocycles. The molecule has 5 rings (SSSR count). The van der Waals surface area contributed by atoms with Crippen molar-refractivity contribution in [3.8, 4) is 0 Å². The van der Waals surface area contributed by atoms with E-state index in [9.17, 15) is 10.2 Å². The van der Waals surface area contributed by atoms with Gasteiger partial charge in [-0.1, -0.05) is 25.5 Å². The van der Waals surface area contributed by atoms with Crippen LogP contribution < -0.4 is 0 Å². The first-order chi connectivity index (χ1) is 11.9. The smallest absolute Gasteiger partial charge is 0.176 e. The second kappa shape index (κ2) is 5.31. The van der Waals surface area contributed by atoms with Crippen molar-refractivity contribution in [2.75, 3.05) is 13.2 Å². The van der Waals surface area contributed by atoms with Gasteiger partial charge in [-0.15, -0.1) is 0 Å². The first-order valence-electron chi connectivity index (χ1n) is 10.3. The van der Waals surface area contributed by atoms with Crippen molar-refractivity contribution in [3.63, 3.8) is 0 Å². The van der Waals surface area contributed by atoms with E-state index in [0.717, 1.165) is 32.1 Å². The number of hydrogen-bond donors (Lipinski definition) is 2. The Labute approximate surface area is 150 Å². The number of ether oxygens (including phenoxy) is 2. The predicted molar refractivity (Wildman–Crippen MR) is 93.7 cm³/mol. The summed E-state index contributed by atoms with van der Waals surface area (Å²) < 4.78 is 12.3. The Morgan fingerprint density at radius 1 is 1.00 bits per heavy atom. The third kappa shape index (κ3) is 1.97. The molecule has 0 radical (unpaired) electrons. The van der Waals surface area contributed by atoms with Crippen LogP contribution in [0, 0.1) is 28.6 Å². The van der Waals surface area contributed by atoms with Crippen molar-refractivity contribution in [2.45, 2.75) is 76.8 Å². The molecule has 0 amide bonds. The van der Waals surface area contributed by atoms with Crippen LogP contribution in [0.2, 0.25) is 0 Å². The Balaban J connectivity index is 1.56. The summed E-state index contributed by atoms with van der Waals surface area (Å²) in [5.74, 6) is 0.951. The van der Waals surface area contributed by atoms with Gasteiger partial charge in [-0.3, -0.25) is 0 Å². The highest BCUT2D eigenvalue weighted by atomic mass is 16.7. The third-order valence-corrected chi connectivity index (χ3v) is 8.91. The highest BCUT2D eigenvalue weighted by molar-refractivity contribution is 5.32. The fourth-order valence-corrected chi connectivity index (χ4v) is 7.40. The average Bonchev–Trinajstić information content (AvgIpc) is 3.18. The zero-order valence-electron chi connectivity index (χ0n) is 15.5. The summed E-state index contributed by atoms with van der Waals surface area (Å²) in [5, 5.41) is 21.4. The molecule has 0 aromatic rings. The van der Waals surface area contributed by atoms with Gasteiger partial charge in [-0.2, -0.15) is 0 Å². The van der Waals surface area contributed by atoms with Gasteiger partial charge in [-0.05, 0) is 61.7 Å². The van der Waals surface area contributed by atoms with Crippen molar-refractivity contribution in [1.29, 1.82) is 0 Å². The molecule has 0 aromatic carbocycles. The summed E-state index contributed by atoms with van der Waals surface area (Å²) in [6, 6.07) is 0. The average molecular weight is 348 g/mol. The zero-order chi connectivity index (χ0) is 17.4. The predicted octanol–water partition coefficient (Wildman–Crippen LogP) is 3.02. The second-order valence-electron chi connectivity index (χ2n) is 9.67. The molecule has 25 heavy (non-hydrogen) atoms. The molecule has 5 aliphatic rings. The van der Waals surface area contributed by atoms with E-state index in [0.29, 0.717) is 31.0 Å². The van der Waals surface area contributed by atoms with Gasteiger partial charge in [0.15, 0.2) is 5.79 Å². The minimum absolute atomic E-state index is 0.135. The SMILES string of the molecule is C[C@]12CC[C@@H](O)C[C@H]1CCC1C2=C[C@H](O)[C@@]2(C)C1CCC21OCCO1. The Hall–Kier alpha value is -0.420. The van der Waals surface area contributed by atoms with Crippen molar-refractivity contribution in [3.05, 3.63) is 11.6 Å². The summed E-state index contributed by atoms with van der Waals surface area (Å²) in [6.07, 6.45) is 8.78. The zero-order valence-corrected chi connectivity index (χ0v) is 15.5. The minimum Gasteiger partial charge on any atom is -0.393 e. The van der Waals surface area contributed by atoms with Gasteiger partial charge in [-0.25, -0.2) is 0 Å². The molecule has 1 spiro atoms. The van der Waals surface area contributed by atoms with E-state index in [2.05, 4.69) is 19.9 Å². The molecule has 1 aliphatic heterocycles. The van der Waals surface area contributed by atoms with E-state index >= 15 is 0 Å². The maximum absolute atomic E-state index is 11.3.